The van der Waals surface area contributed by atoms with Crippen LogP contribution in [0.15, 0.2) is 60.7 Å². The molecule has 0 saturated carbocycles. The number of fused-ring (bicyclic) bond motifs is 1. The van der Waals surface area contributed by atoms with Gasteiger partial charge in [-0.05, 0) is 48.6 Å². The molecule has 3 rings (SSSR count). The number of likely N-dealkylation sites (N-methyl/N-ethyl adjacent to an activating group) is 1. The summed E-state index contributed by atoms with van der Waals surface area (Å²) in [7, 11) is 4.13. The largest absolute Gasteiger partial charge is 0.489 e. The number of benzene rings is 3. The molecule has 3 aromatic rings. The standard InChI is InChI=1S/C22H25FN2O.2ClH/c1-25(2)14-13-24-15-21-20-6-4-3-5-18(20)9-12-22(21)26-16-17-7-10-19(23)11-8-17;;/h3-12,24H,13-16H2,1-2H3;2*1H. The molecule has 1 N–H and O–H groups in total. The summed E-state index contributed by atoms with van der Waals surface area (Å²) in [6.07, 6.45) is 0. The second-order valence-electron chi connectivity index (χ2n) is 6.66. The zero-order valence-corrected chi connectivity index (χ0v) is 17.8. The number of ether oxygens (including phenoxy) is 1. The molecule has 6 heteroatoms. The van der Waals surface area contributed by atoms with Gasteiger partial charge in [-0.2, -0.15) is 0 Å². The molecule has 0 saturated heterocycles. The van der Waals surface area contributed by atoms with Gasteiger partial charge in [0.15, 0.2) is 0 Å². The van der Waals surface area contributed by atoms with E-state index in [1.54, 1.807) is 12.1 Å². The van der Waals surface area contributed by atoms with E-state index >= 15 is 0 Å². The van der Waals surface area contributed by atoms with Crippen LogP contribution in [-0.2, 0) is 13.2 Å². The molecule has 0 unspecified atom stereocenters. The summed E-state index contributed by atoms with van der Waals surface area (Å²) >= 11 is 0. The molecule has 0 fully saturated rings. The van der Waals surface area contributed by atoms with Crippen molar-refractivity contribution in [2.24, 2.45) is 0 Å². The van der Waals surface area contributed by atoms with E-state index in [0.29, 0.717) is 6.61 Å². The van der Waals surface area contributed by atoms with Gasteiger partial charge >= 0.3 is 0 Å². The van der Waals surface area contributed by atoms with Gasteiger partial charge in [0.05, 0.1) is 0 Å². The molecule has 3 aromatic carbocycles. The monoisotopic (exact) mass is 424 g/mol. The summed E-state index contributed by atoms with van der Waals surface area (Å²) in [6, 6.07) is 18.9. The Kier molecular flexibility index (Phi) is 10.3. The van der Waals surface area contributed by atoms with Crippen molar-refractivity contribution < 1.29 is 9.13 Å². The van der Waals surface area contributed by atoms with Crippen molar-refractivity contribution in [1.29, 1.82) is 0 Å². The van der Waals surface area contributed by atoms with Crippen molar-refractivity contribution in [3.05, 3.63) is 77.6 Å². The number of hydrogen-bond donors (Lipinski definition) is 1. The van der Waals surface area contributed by atoms with Crippen molar-refractivity contribution >= 4 is 35.6 Å². The maximum atomic E-state index is 13.1. The SMILES string of the molecule is CN(C)CCNCc1c(OCc2ccc(F)cc2)ccc2ccccc12.Cl.Cl. The molecule has 0 aromatic heterocycles. The van der Waals surface area contributed by atoms with E-state index in [4.69, 9.17) is 4.74 Å². The maximum absolute atomic E-state index is 13.1. The molecule has 0 aliphatic carbocycles. The number of rotatable bonds is 8. The van der Waals surface area contributed by atoms with E-state index in [1.807, 2.05) is 12.1 Å². The molecule has 0 atom stereocenters. The summed E-state index contributed by atoms with van der Waals surface area (Å²) in [5, 5.41) is 5.90. The fraction of sp³-hybridized carbons (Fsp3) is 0.273. The van der Waals surface area contributed by atoms with Crippen LogP contribution in [0.3, 0.4) is 0 Å². The van der Waals surface area contributed by atoms with Crippen LogP contribution in [0.5, 0.6) is 5.75 Å². The smallest absolute Gasteiger partial charge is 0.124 e. The quantitative estimate of drug-likeness (QED) is 0.511. The number of hydrogen-bond acceptors (Lipinski definition) is 3. The first kappa shape index (κ1) is 24.2. The van der Waals surface area contributed by atoms with Crippen molar-refractivity contribution in [1.82, 2.24) is 10.2 Å². The van der Waals surface area contributed by atoms with Crippen LogP contribution < -0.4 is 10.1 Å². The summed E-state index contributed by atoms with van der Waals surface area (Å²) in [5.74, 6) is 0.635. The van der Waals surface area contributed by atoms with Gasteiger partial charge < -0.3 is 15.0 Å². The third-order valence-electron chi connectivity index (χ3n) is 4.34. The molecule has 152 valence electrons. The van der Waals surface area contributed by atoms with Crippen LogP contribution in [0.25, 0.3) is 10.8 Å². The van der Waals surface area contributed by atoms with Crippen molar-refractivity contribution in [2.75, 3.05) is 27.2 Å². The summed E-state index contributed by atoms with van der Waals surface area (Å²) < 4.78 is 19.1. The minimum absolute atomic E-state index is 0. The Bertz CT molecular complexity index is 857. The highest BCUT2D eigenvalue weighted by Gasteiger charge is 2.09. The Balaban J connectivity index is 0.00000196. The zero-order chi connectivity index (χ0) is 18.4. The fourth-order valence-electron chi connectivity index (χ4n) is 2.89. The first-order valence-corrected chi connectivity index (χ1v) is 8.87. The van der Waals surface area contributed by atoms with Crippen LogP contribution in [0.2, 0.25) is 0 Å². The molecule has 0 heterocycles. The Morgan fingerprint density at radius 2 is 1.64 bits per heavy atom. The second-order valence-corrected chi connectivity index (χ2v) is 6.66. The number of nitrogens with zero attached hydrogens (tertiary/aromatic N) is 1. The molecular weight excluding hydrogens is 398 g/mol. The van der Waals surface area contributed by atoms with E-state index in [2.05, 4.69) is 48.6 Å². The van der Waals surface area contributed by atoms with E-state index in [-0.39, 0.29) is 30.6 Å². The Labute approximate surface area is 178 Å². The third-order valence-corrected chi connectivity index (χ3v) is 4.34. The van der Waals surface area contributed by atoms with E-state index < -0.39 is 0 Å². The van der Waals surface area contributed by atoms with Gasteiger partial charge in [-0.15, -0.1) is 24.8 Å². The van der Waals surface area contributed by atoms with Gasteiger partial charge in [0, 0.05) is 25.2 Å². The molecule has 0 bridgehead atoms. The molecule has 0 radical (unpaired) electrons. The van der Waals surface area contributed by atoms with Crippen molar-refractivity contribution in [3.8, 4) is 5.75 Å². The average Bonchev–Trinajstić information content (AvgIpc) is 2.65. The first-order chi connectivity index (χ1) is 12.6. The zero-order valence-electron chi connectivity index (χ0n) is 16.2. The van der Waals surface area contributed by atoms with Gasteiger partial charge in [-0.25, -0.2) is 4.39 Å². The third kappa shape index (κ3) is 6.64. The lowest BCUT2D eigenvalue weighted by Crippen LogP contribution is -2.26. The molecule has 0 amide bonds. The topological polar surface area (TPSA) is 24.5 Å². The van der Waals surface area contributed by atoms with Gasteiger partial charge in [0.1, 0.15) is 18.2 Å². The van der Waals surface area contributed by atoms with E-state index in [9.17, 15) is 4.39 Å². The molecule has 0 aliphatic rings. The average molecular weight is 425 g/mol. The summed E-state index contributed by atoms with van der Waals surface area (Å²) in [4.78, 5) is 2.15. The van der Waals surface area contributed by atoms with Gasteiger partial charge in [0.25, 0.3) is 0 Å². The minimum Gasteiger partial charge on any atom is -0.489 e. The predicted octanol–water partition coefficient (Wildman–Crippen LogP) is 5.05. The molecular formula is C22H27Cl2FN2O. The number of nitrogens with one attached hydrogen (secondary N) is 1. The van der Waals surface area contributed by atoms with Gasteiger partial charge in [-0.1, -0.05) is 42.5 Å². The number of halogens is 3. The summed E-state index contributed by atoms with van der Waals surface area (Å²) in [5.41, 5.74) is 2.11. The first-order valence-electron chi connectivity index (χ1n) is 8.87. The van der Waals surface area contributed by atoms with Crippen LogP contribution in [0.1, 0.15) is 11.1 Å². The Morgan fingerprint density at radius 1 is 0.929 bits per heavy atom. The van der Waals surface area contributed by atoms with Crippen LogP contribution >= 0.6 is 24.8 Å². The lowest BCUT2D eigenvalue weighted by Gasteiger charge is -2.16. The minimum atomic E-state index is -0.231. The lowest BCUT2D eigenvalue weighted by atomic mass is 10.0. The lowest BCUT2D eigenvalue weighted by molar-refractivity contribution is 0.302. The van der Waals surface area contributed by atoms with Crippen molar-refractivity contribution in [2.45, 2.75) is 13.2 Å². The molecule has 28 heavy (non-hydrogen) atoms. The summed E-state index contributed by atoms with van der Waals surface area (Å²) in [6.45, 7) is 3.06. The van der Waals surface area contributed by atoms with Crippen LogP contribution in [0, 0.1) is 5.82 Å². The Morgan fingerprint density at radius 3 is 2.36 bits per heavy atom. The molecule has 0 spiro atoms. The molecule has 3 nitrogen and oxygen atoms in total. The highest BCUT2D eigenvalue weighted by atomic mass is 35.5. The maximum Gasteiger partial charge on any atom is 0.124 e. The normalized spacial score (nSPS) is 10.4. The predicted molar refractivity (Wildman–Crippen MR) is 119 cm³/mol. The molecule has 0 aliphatic heterocycles. The van der Waals surface area contributed by atoms with Crippen LogP contribution in [-0.4, -0.2) is 32.1 Å². The highest BCUT2D eigenvalue weighted by molar-refractivity contribution is 5.87. The van der Waals surface area contributed by atoms with Gasteiger partial charge in [-0.3, -0.25) is 0 Å². The fourth-order valence-corrected chi connectivity index (χ4v) is 2.89. The van der Waals surface area contributed by atoms with Gasteiger partial charge in [0.2, 0.25) is 0 Å². The van der Waals surface area contributed by atoms with Crippen LogP contribution in [0.4, 0.5) is 4.39 Å². The second kappa shape index (κ2) is 11.9. The van der Waals surface area contributed by atoms with E-state index in [1.165, 1.54) is 22.9 Å². The van der Waals surface area contributed by atoms with E-state index in [0.717, 1.165) is 36.5 Å². The van der Waals surface area contributed by atoms with Crippen molar-refractivity contribution in [3.63, 3.8) is 0 Å². The highest BCUT2D eigenvalue weighted by Crippen LogP contribution is 2.28. The Hall–Kier alpha value is -1.85.